The van der Waals surface area contributed by atoms with E-state index < -0.39 is 0 Å². The molecule has 1 saturated heterocycles. The lowest BCUT2D eigenvalue weighted by Crippen LogP contribution is -2.50. The summed E-state index contributed by atoms with van der Waals surface area (Å²) in [4.78, 5) is 17.5. The van der Waals surface area contributed by atoms with Crippen LogP contribution in [-0.4, -0.2) is 50.6 Å². The Morgan fingerprint density at radius 1 is 1.10 bits per heavy atom. The molecule has 2 aliphatic rings. The zero-order chi connectivity index (χ0) is 20.8. The topological polar surface area (TPSA) is 58.0 Å². The second-order valence-corrected chi connectivity index (χ2v) is 8.33. The van der Waals surface area contributed by atoms with Crippen molar-refractivity contribution in [1.82, 2.24) is 10.2 Å². The minimum Gasteiger partial charge on any atom is -0.497 e. The van der Waals surface area contributed by atoms with E-state index in [9.17, 15) is 4.79 Å². The molecule has 1 aromatic carbocycles. The first-order chi connectivity index (χ1) is 14.7. The summed E-state index contributed by atoms with van der Waals surface area (Å²) in [6, 6.07) is 12.3. The van der Waals surface area contributed by atoms with Gasteiger partial charge in [0.15, 0.2) is 0 Å². The number of methoxy groups -OCH3 is 1. The Morgan fingerprint density at radius 2 is 1.83 bits per heavy atom. The minimum absolute atomic E-state index is 0.0746. The maximum atomic E-state index is 12.7. The van der Waals surface area contributed by atoms with Crippen LogP contribution in [-0.2, 0) is 4.79 Å². The lowest BCUT2D eigenvalue weighted by Gasteiger charge is -2.39. The Kier molecular flexibility index (Phi) is 6.95. The number of hydrogen-bond donors (Lipinski definition) is 1. The molecule has 1 aliphatic carbocycles. The normalized spacial score (nSPS) is 19.4. The number of ether oxygens (including phenoxy) is 1. The van der Waals surface area contributed by atoms with Gasteiger partial charge in [-0.05, 0) is 49.2 Å². The van der Waals surface area contributed by atoms with Crippen molar-refractivity contribution < 1.29 is 13.9 Å². The molecule has 30 heavy (non-hydrogen) atoms. The van der Waals surface area contributed by atoms with Crippen molar-refractivity contribution in [3.8, 4) is 5.75 Å². The third kappa shape index (κ3) is 4.98. The average molecular weight is 412 g/mol. The highest BCUT2D eigenvalue weighted by Crippen LogP contribution is 2.27. The Balaban J connectivity index is 1.35. The first-order valence-electron chi connectivity index (χ1n) is 11.2. The molecule has 0 spiro atoms. The summed E-state index contributed by atoms with van der Waals surface area (Å²) in [5.41, 5.74) is 1.22. The van der Waals surface area contributed by atoms with E-state index >= 15 is 0 Å². The molecule has 4 rings (SSSR count). The number of carbonyl (C=O) groups excluding carboxylic acids is 1. The molecule has 2 fully saturated rings. The van der Waals surface area contributed by atoms with Gasteiger partial charge in [0.05, 0.1) is 19.4 Å². The third-order valence-corrected chi connectivity index (χ3v) is 6.51. The number of nitrogens with one attached hydrogen (secondary N) is 1. The van der Waals surface area contributed by atoms with E-state index in [2.05, 4.69) is 27.2 Å². The minimum atomic E-state index is 0.0746. The molecule has 1 aromatic heterocycles. The molecule has 2 heterocycles. The van der Waals surface area contributed by atoms with Gasteiger partial charge in [0.1, 0.15) is 11.5 Å². The summed E-state index contributed by atoms with van der Waals surface area (Å²) in [6.07, 6.45) is 7.38. The summed E-state index contributed by atoms with van der Waals surface area (Å²) in [6.45, 7) is 4.35. The van der Waals surface area contributed by atoms with Gasteiger partial charge in [0, 0.05) is 44.3 Å². The van der Waals surface area contributed by atoms with Crippen molar-refractivity contribution in [3.05, 3.63) is 48.4 Å². The maximum absolute atomic E-state index is 12.7. The Bertz CT molecular complexity index is 777. The average Bonchev–Trinajstić information content (AvgIpc) is 3.35. The molecular weight excluding hydrogens is 378 g/mol. The van der Waals surface area contributed by atoms with Crippen LogP contribution in [0.4, 0.5) is 5.69 Å². The highest BCUT2D eigenvalue weighted by Gasteiger charge is 2.29. The van der Waals surface area contributed by atoms with Crippen molar-refractivity contribution in [3.63, 3.8) is 0 Å². The zero-order valence-electron chi connectivity index (χ0n) is 17.9. The quantitative estimate of drug-likeness (QED) is 0.750. The number of furan rings is 1. The lowest BCUT2D eigenvalue weighted by molar-refractivity contribution is -0.126. The number of amides is 1. The molecule has 1 N–H and O–H groups in total. The first-order valence-corrected chi connectivity index (χ1v) is 11.2. The first kappa shape index (κ1) is 20.8. The zero-order valence-corrected chi connectivity index (χ0v) is 17.9. The number of nitrogens with zero attached hydrogens (tertiary/aromatic N) is 2. The van der Waals surface area contributed by atoms with Crippen molar-refractivity contribution in [2.24, 2.45) is 5.92 Å². The van der Waals surface area contributed by atoms with Crippen molar-refractivity contribution in [1.29, 1.82) is 0 Å². The van der Waals surface area contributed by atoms with Crippen LogP contribution in [0.2, 0.25) is 0 Å². The van der Waals surface area contributed by atoms with Crippen LogP contribution in [0, 0.1) is 5.92 Å². The van der Waals surface area contributed by atoms with Gasteiger partial charge in [-0.25, -0.2) is 0 Å². The van der Waals surface area contributed by atoms with Crippen LogP contribution in [0.3, 0.4) is 0 Å². The van der Waals surface area contributed by atoms with E-state index in [1.807, 2.05) is 24.3 Å². The van der Waals surface area contributed by atoms with Crippen molar-refractivity contribution in [2.75, 3.05) is 44.7 Å². The maximum Gasteiger partial charge on any atom is 0.223 e. The van der Waals surface area contributed by atoms with E-state index in [1.54, 1.807) is 13.4 Å². The van der Waals surface area contributed by atoms with Gasteiger partial charge in [-0.2, -0.15) is 0 Å². The van der Waals surface area contributed by atoms with Crippen molar-refractivity contribution >= 4 is 11.6 Å². The molecular formula is C24H33N3O3. The van der Waals surface area contributed by atoms with Gasteiger partial charge in [-0.15, -0.1) is 0 Å². The van der Waals surface area contributed by atoms with Crippen LogP contribution in [0.25, 0.3) is 0 Å². The highest BCUT2D eigenvalue weighted by atomic mass is 16.5. The Hall–Kier alpha value is -2.47. The lowest BCUT2D eigenvalue weighted by atomic mass is 9.88. The second-order valence-electron chi connectivity index (χ2n) is 8.33. The SMILES string of the molecule is COc1ccc(N2CCN([C@@H](CNC(=O)C3CCCCC3)c3ccco3)CC2)cc1. The van der Waals surface area contributed by atoms with Gasteiger partial charge in [0.2, 0.25) is 5.91 Å². The van der Waals surface area contributed by atoms with E-state index in [0.717, 1.165) is 50.5 Å². The highest BCUT2D eigenvalue weighted by molar-refractivity contribution is 5.78. The third-order valence-electron chi connectivity index (χ3n) is 6.51. The van der Waals surface area contributed by atoms with Crippen LogP contribution in [0.15, 0.2) is 47.1 Å². The van der Waals surface area contributed by atoms with Gasteiger partial charge >= 0.3 is 0 Å². The number of benzene rings is 1. The van der Waals surface area contributed by atoms with E-state index in [-0.39, 0.29) is 17.9 Å². The monoisotopic (exact) mass is 411 g/mol. The summed E-state index contributed by atoms with van der Waals surface area (Å²) < 4.78 is 11.0. The summed E-state index contributed by atoms with van der Waals surface area (Å²) in [7, 11) is 1.69. The van der Waals surface area contributed by atoms with Gasteiger partial charge < -0.3 is 19.4 Å². The molecule has 162 valence electrons. The fourth-order valence-electron chi connectivity index (χ4n) is 4.68. The molecule has 0 bridgehead atoms. The molecule has 6 nitrogen and oxygen atoms in total. The van der Waals surface area contributed by atoms with E-state index in [4.69, 9.17) is 9.15 Å². The molecule has 6 heteroatoms. The van der Waals surface area contributed by atoms with E-state index in [0.29, 0.717) is 6.54 Å². The smallest absolute Gasteiger partial charge is 0.223 e. The Morgan fingerprint density at radius 3 is 2.47 bits per heavy atom. The van der Waals surface area contributed by atoms with Crippen LogP contribution in [0.1, 0.15) is 43.9 Å². The van der Waals surface area contributed by atoms with Crippen molar-refractivity contribution in [2.45, 2.75) is 38.1 Å². The van der Waals surface area contributed by atoms with Gasteiger partial charge in [-0.1, -0.05) is 19.3 Å². The number of anilines is 1. The second kappa shape index (κ2) is 10.0. The molecule has 1 aliphatic heterocycles. The molecule has 1 amide bonds. The number of hydrogen-bond acceptors (Lipinski definition) is 5. The fourth-order valence-corrected chi connectivity index (χ4v) is 4.68. The predicted molar refractivity (Wildman–Crippen MR) is 118 cm³/mol. The number of carbonyl (C=O) groups is 1. The van der Waals surface area contributed by atoms with Crippen LogP contribution in [0.5, 0.6) is 5.75 Å². The largest absolute Gasteiger partial charge is 0.497 e. The molecule has 0 unspecified atom stereocenters. The summed E-state index contributed by atoms with van der Waals surface area (Å²) >= 11 is 0. The van der Waals surface area contributed by atoms with Crippen LogP contribution < -0.4 is 15.0 Å². The van der Waals surface area contributed by atoms with Gasteiger partial charge in [-0.3, -0.25) is 9.69 Å². The predicted octanol–water partition coefficient (Wildman–Crippen LogP) is 3.85. The number of piperazine rings is 1. The molecule has 2 aromatic rings. The van der Waals surface area contributed by atoms with E-state index in [1.165, 1.54) is 24.9 Å². The molecule has 1 saturated carbocycles. The fraction of sp³-hybridized carbons (Fsp3) is 0.542. The summed E-state index contributed by atoms with van der Waals surface area (Å²) in [5, 5.41) is 3.23. The standard InChI is InChI=1S/C24H33N3O3/c1-29-21-11-9-20(10-12-21)26-13-15-27(16-14-26)22(23-8-5-17-30-23)18-25-24(28)19-6-3-2-4-7-19/h5,8-12,17,19,22H,2-4,6-7,13-16,18H2,1H3,(H,25,28)/t22-/m0/s1. The van der Waals surface area contributed by atoms with Gasteiger partial charge in [0.25, 0.3) is 0 Å². The number of rotatable bonds is 7. The van der Waals surface area contributed by atoms with Crippen LogP contribution >= 0.6 is 0 Å². The summed E-state index contributed by atoms with van der Waals surface area (Å²) in [5.74, 6) is 2.20. The molecule has 0 radical (unpaired) electrons. The Labute approximate surface area is 179 Å². The molecule has 1 atom stereocenters.